The summed E-state index contributed by atoms with van der Waals surface area (Å²) in [6, 6.07) is 11.3. The van der Waals surface area contributed by atoms with Crippen LogP contribution in [0.5, 0.6) is 0 Å². The molecule has 2 aromatic heterocycles. The van der Waals surface area contributed by atoms with Crippen LogP contribution in [0.1, 0.15) is 60.6 Å². The standard InChI is InChI=1S/C32H38FN5O2/c1-19-8-9-23(27(33)12-19)17-37-15-22(4)38(16-21(37)3)30(39)24-14-25-26(18-36(7)29(25)13-20(24)2)28-10-11-34-31(35-28)32(5,6)40/h8-14,18,21-22,40H,15-17H2,1-7H3. The van der Waals surface area contributed by atoms with Crippen molar-refractivity contribution in [1.82, 2.24) is 24.3 Å². The van der Waals surface area contributed by atoms with E-state index >= 15 is 0 Å². The van der Waals surface area contributed by atoms with Gasteiger partial charge in [-0.3, -0.25) is 9.69 Å². The second kappa shape index (κ2) is 10.4. The highest BCUT2D eigenvalue weighted by Gasteiger charge is 2.33. The van der Waals surface area contributed by atoms with Crippen molar-refractivity contribution in [1.29, 1.82) is 0 Å². The van der Waals surface area contributed by atoms with Gasteiger partial charge in [-0.2, -0.15) is 0 Å². The zero-order chi connectivity index (χ0) is 28.9. The topological polar surface area (TPSA) is 74.5 Å². The molecule has 210 valence electrons. The first-order valence-corrected chi connectivity index (χ1v) is 13.8. The number of aliphatic hydroxyl groups is 1. The van der Waals surface area contributed by atoms with Gasteiger partial charge < -0.3 is 14.6 Å². The van der Waals surface area contributed by atoms with Crippen LogP contribution in [-0.2, 0) is 19.2 Å². The Labute approximate surface area is 235 Å². The van der Waals surface area contributed by atoms with Crippen molar-refractivity contribution in [2.45, 2.75) is 65.8 Å². The fourth-order valence-corrected chi connectivity index (χ4v) is 5.63. The summed E-state index contributed by atoms with van der Waals surface area (Å²) in [6.07, 6.45) is 3.66. The number of amides is 1. The van der Waals surface area contributed by atoms with Crippen LogP contribution in [-0.4, -0.2) is 60.5 Å². The van der Waals surface area contributed by atoms with E-state index in [4.69, 9.17) is 0 Å². The zero-order valence-electron chi connectivity index (χ0n) is 24.4. The van der Waals surface area contributed by atoms with E-state index in [1.165, 1.54) is 0 Å². The van der Waals surface area contributed by atoms with E-state index in [-0.39, 0.29) is 23.8 Å². The summed E-state index contributed by atoms with van der Waals surface area (Å²) in [4.78, 5) is 27.1. The Balaban J connectivity index is 1.44. The summed E-state index contributed by atoms with van der Waals surface area (Å²) in [5.41, 5.74) is 4.56. The third-order valence-corrected chi connectivity index (χ3v) is 8.00. The summed E-state index contributed by atoms with van der Waals surface area (Å²) < 4.78 is 16.6. The van der Waals surface area contributed by atoms with Gasteiger partial charge in [0, 0.05) is 78.8 Å². The van der Waals surface area contributed by atoms with E-state index < -0.39 is 5.60 Å². The highest BCUT2D eigenvalue weighted by atomic mass is 19.1. The Hall–Kier alpha value is -3.62. The maximum absolute atomic E-state index is 14.6. The van der Waals surface area contributed by atoms with Crippen molar-refractivity contribution < 1.29 is 14.3 Å². The van der Waals surface area contributed by atoms with Gasteiger partial charge in [-0.15, -0.1) is 0 Å². The Morgan fingerprint density at radius 1 is 1.10 bits per heavy atom. The van der Waals surface area contributed by atoms with Gasteiger partial charge in [0.1, 0.15) is 11.4 Å². The molecule has 1 aliphatic rings. The lowest BCUT2D eigenvalue weighted by Gasteiger charge is -2.44. The minimum Gasteiger partial charge on any atom is -0.382 e. The number of halogens is 1. The van der Waals surface area contributed by atoms with E-state index in [1.54, 1.807) is 26.1 Å². The maximum atomic E-state index is 14.6. The number of aromatic nitrogens is 3. The van der Waals surface area contributed by atoms with E-state index in [0.717, 1.165) is 27.6 Å². The maximum Gasteiger partial charge on any atom is 0.254 e. The molecule has 1 saturated heterocycles. The molecule has 0 radical (unpaired) electrons. The Bertz CT molecular complexity index is 1590. The molecule has 40 heavy (non-hydrogen) atoms. The first-order chi connectivity index (χ1) is 18.8. The van der Waals surface area contributed by atoms with Gasteiger partial charge in [0.25, 0.3) is 5.91 Å². The van der Waals surface area contributed by atoms with Crippen LogP contribution in [0.25, 0.3) is 22.2 Å². The van der Waals surface area contributed by atoms with Crippen LogP contribution in [0.15, 0.2) is 48.8 Å². The summed E-state index contributed by atoms with van der Waals surface area (Å²) >= 11 is 0. The smallest absolute Gasteiger partial charge is 0.254 e. The molecule has 7 nitrogen and oxygen atoms in total. The molecular formula is C32H38FN5O2. The average Bonchev–Trinajstić information content (AvgIpc) is 3.21. The summed E-state index contributed by atoms with van der Waals surface area (Å²) in [5, 5.41) is 11.4. The first kappa shape index (κ1) is 27.9. The van der Waals surface area contributed by atoms with Gasteiger partial charge in [0.2, 0.25) is 0 Å². The van der Waals surface area contributed by atoms with E-state index in [0.29, 0.717) is 42.3 Å². The van der Waals surface area contributed by atoms with Gasteiger partial charge in [-0.1, -0.05) is 12.1 Å². The number of aryl methyl sites for hydroxylation is 3. The highest BCUT2D eigenvalue weighted by molar-refractivity contribution is 6.04. The number of rotatable bonds is 5. The van der Waals surface area contributed by atoms with E-state index in [1.807, 2.05) is 60.8 Å². The molecule has 2 atom stereocenters. The molecule has 1 aliphatic heterocycles. The first-order valence-electron chi connectivity index (χ1n) is 13.8. The lowest BCUT2D eigenvalue weighted by Crippen LogP contribution is -2.57. The van der Waals surface area contributed by atoms with Crippen LogP contribution >= 0.6 is 0 Å². The Kier molecular flexibility index (Phi) is 7.27. The van der Waals surface area contributed by atoms with E-state index in [2.05, 4.69) is 34.8 Å². The largest absolute Gasteiger partial charge is 0.382 e. The molecule has 0 spiro atoms. The Morgan fingerprint density at radius 3 is 2.55 bits per heavy atom. The summed E-state index contributed by atoms with van der Waals surface area (Å²) in [6.45, 7) is 13.1. The van der Waals surface area contributed by atoms with Crippen LogP contribution in [0.2, 0.25) is 0 Å². The fraction of sp³-hybridized carbons (Fsp3) is 0.406. The van der Waals surface area contributed by atoms with Gasteiger partial charge >= 0.3 is 0 Å². The van der Waals surface area contributed by atoms with Crippen molar-refractivity contribution in [2.24, 2.45) is 7.05 Å². The minimum atomic E-state index is -1.17. The molecule has 0 aliphatic carbocycles. The van der Waals surface area contributed by atoms with Crippen molar-refractivity contribution in [3.63, 3.8) is 0 Å². The lowest BCUT2D eigenvalue weighted by atomic mass is 9.99. The SMILES string of the molecule is Cc1ccc(CN2CC(C)N(C(=O)c3cc4c(-c5ccnc(C(C)(C)O)n5)cn(C)c4cc3C)CC2C)c(F)c1. The molecule has 8 heteroatoms. The quantitative estimate of drug-likeness (QED) is 0.367. The van der Waals surface area contributed by atoms with Gasteiger partial charge in [-0.05, 0) is 76.9 Å². The van der Waals surface area contributed by atoms with E-state index in [9.17, 15) is 14.3 Å². The van der Waals surface area contributed by atoms with Gasteiger partial charge in [0.05, 0.1) is 5.69 Å². The summed E-state index contributed by atoms with van der Waals surface area (Å²) in [5.74, 6) is 0.158. The number of piperazine rings is 1. The van der Waals surface area contributed by atoms with Crippen LogP contribution in [0, 0.1) is 19.7 Å². The molecule has 2 unspecified atom stereocenters. The predicted molar refractivity (Wildman–Crippen MR) is 155 cm³/mol. The molecule has 3 heterocycles. The van der Waals surface area contributed by atoms with Gasteiger partial charge in [-0.25, -0.2) is 14.4 Å². The number of hydrogen-bond donors (Lipinski definition) is 1. The average molecular weight is 544 g/mol. The van der Waals surface area contributed by atoms with Crippen LogP contribution in [0.3, 0.4) is 0 Å². The number of carbonyl (C=O) groups excluding carboxylic acids is 1. The second-order valence-electron chi connectivity index (χ2n) is 11.8. The van der Waals surface area contributed by atoms with Crippen LogP contribution in [0.4, 0.5) is 4.39 Å². The number of hydrogen-bond acceptors (Lipinski definition) is 5. The summed E-state index contributed by atoms with van der Waals surface area (Å²) in [7, 11) is 1.98. The highest BCUT2D eigenvalue weighted by Crippen LogP contribution is 2.33. The lowest BCUT2D eigenvalue weighted by molar-refractivity contribution is 0.0287. The number of fused-ring (bicyclic) bond motifs is 1. The monoisotopic (exact) mass is 543 g/mol. The third-order valence-electron chi connectivity index (χ3n) is 8.00. The predicted octanol–water partition coefficient (Wildman–Crippen LogP) is 5.35. The normalized spacial score (nSPS) is 18.5. The molecule has 2 aromatic carbocycles. The molecule has 0 saturated carbocycles. The number of carbonyl (C=O) groups is 1. The van der Waals surface area contributed by atoms with Crippen molar-refractivity contribution in [3.8, 4) is 11.3 Å². The number of benzene rings is 2. The second-order valence-corrected chi connectivity index (χ2v) is 11.8. The third kappa shape index (κ3) is 5.25. The minimum absolute atomic E-state index is 0.00501. The van der Waals surface area contributed by atoms with Crippen molar-refractivity contribution >= 4 is 16.8 Å². The van der Waals surface area contributed by atoms with Gasteiger partial charge in [0.15, 0.2) is 5.82 Å². The molecule has 0 bridgehead atoms. The molecule has 1 amide bonds. The van der Waals surface area contributed by atoms with Crippen molar-refractivity contribution in [3.05, 3.63) is 82.7 Å². The number of nitrogens with zero attached hydrogens (tertiary/aromatic N) is 5. The Morgan fingerprint density at radius 2 is 1.85 bits per heavy atom. The van der Waals surface area contributed by atoms with Crippen LogP contribution < -0.4 is 0 Å². The molecular weight excluding hydrogens is 505 g/mol. The zero-order valence-corrected chi connectivity index (χ0v) is 24.4. The molecule has 1 fully saturated rings. The molecule has 1 N–H and O–H groups in total. The van der Waals surface area contributed by atoms with Crippen molar-refractivity contribution in [2.75, 3.05) is 13.1 Å². The molecule has 5 rings (SSSR count). The fourth-order valence-electron chi connectivity index (χ4n) is 5.63. The molecule has 4 aromatic rings.